The second-order valence-electron chi connectivity index (χ2n) is 4.67. The van der Waals surface area contributed by atoms with Crippen molar-refractivity contribution in [3.05, 3.63) is 29.8 Å². The summed E-state index contributed by atoms with van der Waals surface area (Å²) in [6.45, 7) is 3.86. The first-order valence-corrected chi connectivity index (χ1v) is 7.63. The Morgan fingerprint density at radius 2 is 1.95 bits per heavy atom. The molecule has 0 amide bonds. The zero-order valence-corrected chi connectivity index (χ0v) is 11.7. The van der Waals surface area contributed by atoms with E-state index in [9.17, 15) is 13.2 Å². The molecule has 6 heteroatoms. The van der Waals surface area contributed by atoms with Crippen molar-refractivity contribution < 1.29 is 17.9 Å². The fourth-order valence-electron chi connectivity index (χ4n) is 2.02. The molecule has 0 saturated carbocycles. The molecule has 1 aromatic rings. The molecule has 2 rings (SSSR count). The highest BCUT2D eigenvalue weighted by Crippen LogP contribution is 2.17. The SMILES string of the molecule is CC(=O)c1ccc(S(=O)(=O)NC2CCOC2C)cc1. The molecule has 0 aromatic heterocycles. The van der Waals surface area contributed by atoms with Gasteiger partial charge in [-0.15, -0.1) is 0 Å². The molecule has 1 saturated heterocycles. The lowest BCUT2D eigenvalue weighted by Crippen LogP contribution is -2.39. The van der Waals surface area contributed by atoms with Gasteiger partial charge in [0, 0.05) is 12.2 Å². The van der Waals surface area contributed by atoms with Gasteiger partial charge in [0.2, 0.25) is 10.0 Å². The molecule has 104 valence electrons. The minimum absolute atomic E-state index is 0.0882. The molecule has 19 heavy (non-hydrogen) atoms. The van der Waals surface area contributed by atoms with Crippen molar-refractivity contribution in [3.8, 4) is 0 Å². The van der Waals surface area contributed by atoms with Gasteiger partial charge in [0.1, 0.15) is 0 Å². The smallest absolute Gasteiger partial charge is 0.240 e. The second-order valence-corrected chi connectivity index (χ2v) is 6.39. The predicted molar refractivity (Wildman–Crippen MR) is 70.6 cm³/mol. The highest BCUT2D eigenvalue weighted by molar-refractivity contribution is 7.89. The fraction of sp³-hybridized carbons (Fsp3) is 0.462. The molecule has 0 aliphatic carbocycles. The molecule has 0 spiro atoms. The molecule has 1 aliphatic rings. The number of nitrogens with one attached hydrogen (secondary N) is 1. The van der Waals surface area contributed by atoms with E-state index in [0.29, 0.717) is 18.6 Å². The van der Waals surface area contributed by atoms with Crippen LogP contribution in [0.4, 0.5) is 0 Å². The number of ketones is 1. The number of carbonyl (C=O) groups is 1. The fourth-order valence-corrected chi connectivity index (χ4v) is 3.36. The molecule has 1 heterocycles. The largest absolute Gasteiger partial charge is 0.377 e. The minimum Gasteiger partial charge on any atom is -0.377 e. The highest BCUT2D eigenvalue weighted by atomic mass is 32.2. The van der Waals surface area contributed by atoms with Crippen LogP contribution in [0.1, 0.15) is 30.6 Å². The number of sulfonamides is 1. The standard InChI is InChI=1S/C13H17NO4S/c1-9(15)11-3-5-12(6-4-11)19(16,17)14-13-7-8-18-10(13)2/h3-6,10,13-14H,7-8H2,1-2H3. The number of rotatable bonds is 4. The Labute approximate surface area is 113 Å². The zero-order chi connectivity index (χ0) is 14.0. The topological polar surface area (TPSA) is 72.5 Å². The van der Waals surface area contributed by atoms with Crippen molar-refractivity contribution in [2.45, 2.75) is 37.3 Å². The summed E-state index contributed by atoms with van der Waals surface area (Å²) in [6, 6.07) is 5.73. The van der Waals surface area contributed by atoms with Gasteiger partial charge in [-0.3, -0.25) is 4.79 Å². The van der Waals surface area contributed by atoms with Crippen molar-refractivity contribution in [2.24, 2.45) is 0 Å². The van der Waals surface area contributed by atoms with Crippen molar-refractivity contribution in [2.75, 3.05) is 6.61 Å². The van der Waals surface area contributed by atoms with Crippen molar-refractivity contribution in [1.82, 2.24) is 4.72 Å². The number of benzene rings is 1. The van der Waals surface area contributed by atoms with E-state index in [0.717, 1.165) is 0 Å². The molecule has 0 radical (unpaired) electrons. The quantitative estimate of drug-likeness (QED) is 0.846. The van der Waals surface area contributed by atoms with Crippen LogP contribution in [0.15, 0.2) is 29.2 Å². The normalized spacial score (nSPS) is 23.5. The first-order chi connectivity index (χ1) is 8.90. The number of carbonyl (C=O) groups excluding carboxylic acids is 1. The van der Waals surface area contributed by atoms with Crippen LogP contribution in [0.2, 0.25) is 0 Å². The van der Waals surface area contributed by atoms with Crippen molar-refractivity contribution >= 4 is 15.8 Å². The molecule has 1 N–H and O–H groups in total. The molecule has 1 fully saturated rings. The van der Waals surface area contributed by atoms with E-state index in [1.54, 1.807) is 0 Å². The summed E-state index contributed by atoms with van der Waals surface area (Å²) in [7, 11) is -3.56. The van der Waals surface area contributed by atoms with Crippen LogP contribution >= 0.6 is 0 Å². The molecule has 2 atom stereocenters. The van der Waals surface area contributed by atoms with E-state index < -0.39 is 10.0 Å². The average molecular weight is 283 g/mol. The monoisotopic (exact) mass is 283 g/mol. The van der Waals surface area contributed by atoms with E-state index in [1.807, 2.05) is 6.92 Å². The van der Waals surface area contributed by atoms with Gasteiger partial charge >= 0.3 is 0 Å². The Morgan fingerprint density at radius 3 is 2.42 bits per heavy atom. The second kappa shape index (κ2) is 5.40. The molecular weight excluding hydrogens is 266 g/mol. The Morgan fingerprint density at radius 1 is 1.32 bits per heavy atom. The summed E-state index contributed by atoms with van der Waals surface area (Å²) >= 11 is 0. The van der Waals surface area contributed by atoms with Crippen LogP contribution in [0.25, 0.3) is 0 Å². The van der Waals surface area contributed by atoms with Crippen LogP contribution in [-0.4, -0.2) is 33.0 Å². The van der Waals surface area contributed by atoms with E-state index in [1.165, 1.54) is 31.2 Å². The third-order valence-electron chi connectivity index (χ3n) is 3.25. The van der Waals surface area contributed by atoms with Crippen LogP contribution in [0, 0.1) is 0 Å². The molecule has 5 nitrogen and oxygen atoms in total. The number of Topliss-reactive ketones (excluding diaryl/α,β-unsaturated/α-hetero) is 1. The maximum atomic E-state index is 12.2. The number of hydrogen-bond acceptors (Lipinski definition) is 4. The third kappa shape index (κ3) is 3.20. The van der Waals surface area contributed by atoms with E-state index >= 15 is 0 Å². The minimum atomic E-state index is -3.56. The summed E-state index contributed by atoms with van der Waals surface area (Å²) in [5, 5.41) is 0. The summed E-state index contributed by atoms with van der Waals surface area (Å²) in [6.07, 6.45) is 0.553. The van der Waals surface area contributed by atoms with Crippen LogP contribution < -0.4 is 4.72 Å². The lowest BCUT2D eigenvalue weighted by Gasteiger charge is -2.16. The van der Waals surface area contributed by atoms with Gasteiger partial charge in [0.15, 0.2) is 5.78 Å². The Bertz CT molecular complexity index is 565. The first-order valence-electron chi connectivity index (χ1n) is 6.15. The van der Waals surface area contributed by atoms with Crippen molar-refractivity contribution in [1.29, 1.82) is 0 Å². The molecule has 1 aliphatic heterocycles. The maximum absolute atomic E-state index is 12.2. The summed E-state index contributed by atoms with van der Waals surface area (Å²) in [4.78, 5) is 11.3. The van der Waals surface area contributed by atoms with Crippen molar-refractivity contribution in [3.63, 3.8) is 0 Å². The van der Waals surface area contributed by atoms with Gasteiger partial charge in [0.05, 0.1) is 17.0 Å². The lowest BCUT2D eigenvalue weighted by molar-refractivity contribution is 0.101. The Balaban J connectivity index is 2.17. The van der Waals surface area contributed by atoms with Gasteiger partial charge in [-0.1, -0.05) is 12.1 Å². The molecule has 2 unspecified atom stereocenters. The summed E-state index contributed by atoms with van der Waals surface area (Å²) in [5.74, 6) is -0.0882. The molecule has 1 aromatic carbocycles. The number of ether oxygens (including phenoxy) is 1. The number of hydrogen-bond donors (Lipinski definition) is 1. The predicted octanol–water partition coefficient (Wildman–Crippen LogP) is 1.34. The van der Waals surface area contributed by atoms with Crippen LogP contribution in [-0.2, 0) is 14.8 Å². The highest BCUT2D eigenvalue weighted by Gasteiger charge is 2.29. The Hall–Kier alpha value is -1.24. The summed E-state index contributed by atoms with van der Waals surface area (Å²) < 4.78 is 32.3. The molecular formula is C13H17NO4S. The average Bonchev–Trinajstić information content (AvgIpc) is 2.74. The lowest BCUT2D eigenvalue weighted by atomic mass is 10.2. The van der Waals surface area contributed by atoms with Gasteiger partial charge in [0.25, 0.3) is 0 Å². The van der Waals surface area contributed by atoms with E-state index in [-0.39, 0.29) is 22.8 Å². The van der Waals surface area contributed by atoms with Crippen LogP contribution in [0.3, 0.4) is 0 Å². The van der Waals surface area contributed by atoms with Crippen LogP contribution in [0.5, 0.6) is 0 Å². The van der Waals surface area contributed by atoms with E-state index in [4.69, 9.17) is 4.74 Å². The van der Waals surface area contributed by atoms with Gasteiger partial charge in [-0.05, 0) is 32.4 Å². The third-order valence-corrected chi connectivity index (χ3v) is 4.76. The Kier molecular flexibility index (Phi) is 4.03. The maximum Gasteiger partial charge on any atom is 0.240 e. The summed E-state index contributed by atoms with van der Waals surface area (Å²) in [5.41, 5.74) is 0.497. The van der Waals surface area contributed by atoms with Gasteiger partial charge in [-0.2, -0.15) is 0 Å². The van der Waals surface area contributed by atoms with Gasteiger partial charge < -0.3 is 4.74 Å². The van der Waals surface area contributed by atoms with E-state index in [2.05, 4.69) is 4.72 Å². The zero-order valence-electron chi connectivity index (χ0n) is 10.9. The van der Waals surface area contributed by atoms with Gasteiger partial charge in [-0.25, -0.2) is 13.1 Å². The molecule has 0 bridgehead atoms. The first kappa shape index (κ1) is 14.2.